The van der Waals surface area contributed by atoms with Crippen molar-refractivity contribution in [2.24, 2.45) is 0 Å². The van der Waals surface area contributed by atoms with E-state index in [0.717, 1.165) is 23.1 Å². The number of nitrogens with zero attached hydrogens (tertiary/aromatic N) is 2. The smallest absolute Gasteiger partial charge is 0.255 e. The monoisotopic (exact) mass is 424 g/mol. The molecule has 29 heavy (non-hydrogen) atoms. The molecule has 0 unspecified atom stereocenters. The topological polar surface area (TPSA) is 52.0 Å². The van der Waals surface area contributed by atoms with Crippen LogP contribution in [-0.4, -0.2) is 24.5 Å². The molecule has 0 amide bonds. The number of sulfone groups is 1. The molecular formula is C20H16F4N2O2S. The van der Waals surface area contributed by atoms with Crippen LogP contribution in [0.25, 0.3) is 22.4 Å². The zero-order chi connectivity index (χ0) is 21.4. The largest absolute Gasteiger partial charge is 0.433 e. The molecule has 2 aromatic carbocycles. The molecule has 0 spiro atoms. The van der Waals surface area contributed by atoms with Gasteiger partial charge in [-0.1, -0.05) is 18.2 Å². The molecule has 0 N–H and O–H groups in total. The summed E-state index contributed by atoms with van der Waals surface area (Å²) >= 11 is 0. The van der Waals surface area contributed by atoms with Gasteiger partial charge in [-0.05, 0) is 42.0 Å². The Balaban J connectivity index is 2.32. The lowest BCUT2D eigenvalue weighted by atomic mass is 9.98. The van der Waals surface area contributed by atoms with E-state index in [-0.39, 0.29) is 28.3 Å². The van der Waals surface area contributed by atoms with Crippen LogP contribution in [0.3, 0.4) is 0 Å². The van der Waals surface area contributed by atoms with E-state index >= 15 is 0 Å². The lowest BCUT2D eigenvalue weighted by Gasteiger charge is -2.12. The second-order valence-corrected chi connectivity index (χ2v) is 8.36. The molecule has 152 valence electrons. The van der Waals surface area contributed by atoms with Crippen LogP contribution in [0, 0.1) is 5.82 Å². The molecule has 1 heterocycles. The van der Waals surface area contributed by atoms with Crippen molar-refractivity contribution in [1.29, 1.82) is 0 Å². The Bertz CT molecular complexity index is 1150. The standard InChI is InChI=1S/C20H16F4N2O2S/c1-3-12-26-19(20(22,23)24)17(13-6-10-16(11-7-13)29(2,27)28)18(25-26)14-4-8-15(21)9-5-14/h3-11H,1,12H2,2H3. The molecule has 3 aromatic rings. The van der Waals surface area contributed by atoms with Crippen LogP contribution >= 0.6 is 0 Å². The average Bonchev–Trinajstić information content (AvgIpc) is 3.02. The SMILES string of the molecule is C=CCn1nc(-c2ccc(F)cc2)c(-c2ccc(S(C)(=O)=O)cc2)c1C(F)(F)F. The third-order valence-corrected chi connectivity index (χ3v) is 5.34. The first-order valence-electron chi connectivity index (χ1n) is 8.37. The number of rotatable bonds is 5. The summed E-state index contributed by atoms with van der Waals surface area (Å²) in [7, 11) is -3.51. The first-order valence-corrected chi connectivity index (χ1v) is 10.3. The lowest BCUT2D eigenvalue weighted by molar-refractivity contribution is -0.143. The summed E-state index contributed by atoms with van der Waals surface area (Å²) in [5.74, 6) is -0.533. The highest BCUT2D eigenvalue weighted by Crippen LogP contribution is 2.42. The summed E-state index contributed by atoms with van der Waals surface area (Å²) in [5.41, 5.74) is -0.776. The maximum atomic E-state index is 13.9. The van der Waals surface area contributed by atoms with Gasteiger partial charge in [0.1, 0.15) is 11.5 Å². The second-order valence-electron chi connectivity index (χ2n) is 6.34. The molecule has 9 heteroatoms. The van der Waals surface area contributed by atoms with Gasteiger partial charge < -0.3 is 0 Å². The summed E-state index contributed by atoms with van der Waals surface area (Å²) in [4.78, 5) is -0.0170. The van der Waals surface area contributed by atoms with Crippen molar-refractivity contribution in [3.05, 3.63) is 72.7 Å². The number of halogens is 4. The summed E-state index contributed by atoms with van der Waals surface area (Å²) in [6.45, 7) is 3.28. The Morgan fingerprint density at radius 1 is 1.03 bits per heavy atom. The van der Waals surface area contributed by atoms with E-state index in [9.17, 15) is 26.0 Å². The van der Waals surface area contributed by atoms with Gasteiger partial charge in [0.25, 0.3) is 0 Å². The molecule has 0 bridgehead atoms. The van der Waals surface area contributed by atoms with Gasteiger partial charge in [0, 0.05) is 17.4 Å². The summed E-state index contributed by atoms with van der Waals surface area (Å²) < 4.78 is 79.2. The van der Waals surface area contributed by atoms with Crippen molar-refractivity contribution in [3.63, 3.8) is 0 Å². The Labute approximate surface area is 165 Å². The van der Waals surface area contributed by atoms with Crippen LogP contribution in [0.2, 0.25) is 0 Å². The van der Waals surface area contributed by atoms with E-state index in [2.05, 4.69) is 11.7 Å². The van der Waals surface area contributed by atoms with Crippen molar-refractivity contribution in [1.82, 2.24) is 9.78 Å². The van der Waals surface area contributed by atoms with Crippen molar-refractivity contribution >= 4 is 9.84 Å². The third kappa shape index (κ3) is 4.24. The maximum absolute atomic E-state index is 13.9. The van der Waals surface area contributed by atoms with Crippen molar-refractivity contribution in [2.45, 2.75) is 17.6 Å². The molecule has 0 aliphatic rings. The fourth-order valence-electron chi connectivity index (χ4n) is 2.96. The minimum Gasteiger partial charge on any atom is -0.255 e. The van der Waals surface area contributed by atoms with E-state index < -0.39 is 27.5 Å². The Kier molecular flexibility index (Phi) is 5.36. The molecule has 0 atom stereocenters. The lowest BCUT2D eigenvalue weighted by Crippen LogP contribution is -2.15. The van der Waals surface area contributed by atoms with Crippen LogP contribution in [0.5, 0.6) is 0 Å². The molecule has 1 aromatic heterocycles. The average molecular weight is 424 g/mol. The van der Waals surface area contributed by atoms with Crippen LogP contribution in [-0.2, 0) is 22.6 Å². The molecule has 0 saturated heterocycles. The Morgan fingerprint density at radius 3 is 2.07 bits per heavy atom. The predicted molar refractivity (Wildman–Crippen MR) is 101 cm³/mol. The first kappa shape index (κ1) is 20.8. The Hall–Kier alpha value is -2.94. The van der Waals surface area contributed by atoms with Crippen LogP contribution in [0.15, 0.2) is 66.1 Å². The van der Waals surface area contributed by atoms with Crippen molar-refractivity contribution in [3.8, 4) is 22.4 Å². The van der Waals surface area contributed by atoms with Crippen molar-refractivity contribution in [2.75, 3.05) is 6.26 Å². The molecule has 0 aliphatic heterocycles. The van der Waals surface area contributed by atoms with Gasteiger partial charge in [-0.25, -0.2) is 12.8 Å². The van der Waals surface area contributed by atoms with Gasteiger partial charge in [-0.2, -0.15) is 18.3 Å². The van der Waals surface area contributed by atoms with Crippen LogP contribution in [0.1, 0.15) is 5.69 Å². The van der Waals surface area contributed by atoms with Gasteiger partial charge in [-0.15, -0.1) is 6.58 Å². The second kappa shape index (κ2) is 7.47. The minimum absolute atomic E-state index is 0.00582. The number of allylic oxidation sites excluding steroid dienone is 1. The van der Waals surface area contributed by atoms with Gasteiger partial charge in [0.15, 0.2) is 15.5 Å². The number of hydrogen-bond acceptors (Lipinski definition) is 3. The van der Waals surface area contributed by atoms with Gasteiger partial charge in [0.05, 0.1) is 11.4 Å². The Morgan fingerprint density at radius 2 is 1.59 bits per heavy atom. The maximum Gasteiger partial charge on any atom is 0.433 e. The molecule has 0 fully saturated rings. The van der Waals surface area contributed by atoms with Gasteiger partial charge in [-0.3, -0.25) is 4.68 Å². The highest BCUT2D eigenvalue weighted by atomic mass is 32.2. The quantitative estimate of drug-likeness (QED) is 0.430. The predicted octanol–water partition coefficient (Wildman–Crippen LogP) is 4.96. The first-order chi connectivity index (χ1) is 13.5. The number of benzene rings is 2. The van der Waals surface area contributed by atoms with E-state index in [4.69, 9.17) is 0 Å². The molecule has 3 rings (SSSR count). The molecule has 0 radical (unpaired) electrons. The fraction of sp³-hybridized carbons (Fsp3) is 0.150. The molecular weight excluding hydrogens is 408 g/mol. The summed E-state index contributed by atoms with van der Waals surface area (Å²) in [5, 5.41) is 4.10. The fourth-order valence-corrected chi connectivity index (χ4v) is 3.59. The number of alkyl halides is 3. The van der Waals surface area contributed by atoms with Crippen molar-refractivity contribution < 1.29 is 26.0 Å². The zero-order valence-electron chi connectivity index (χ0n) is 15.2. The van der Waals surface area contributed by atoms with Crippen LogP contribution in [0.4, 0.5) is 17.6 Å². The molecule has 0 aliphatic carbocycles. The third-order valence-electron chi connectivity index (χ3n) is 4.21. The number of hydrogen-bond donors (Lipinski definition) is 0. The van der Waals surface area contributed by atoms with E-state index in [1.807, 2.05) is 0 Å². The van der Waals surface area contributed by atoms with E-state index in [0.29, 0.717) is 5.56 Å². The zero-order valence-corrected chi connectivity index (χ0v) is 16.1. The van der Waals surface area contributed by atoms with Crippen LogP contribution < -0.4 is 0 Å². The normalized spacial score (nSPS) is 12.2. The summed E-state index contributed by atoms with van der Waals surface area (Å²) in [6.07, 6.45) is -2.44. The summed E-state index contributed by atoms with van der Waals surface area (Å²) in [6, 6.07) is 10.0. The highest BCUT2D eigenvalue weighted by Gasteiger charge is 2.40. The highest BCUT2D eigenvalue weighted by molar-refractivity contribution is 7.90. The van der Waals surface area contributed by atoms with E-state index in [1.54, 1.807) is 0 Å². The molecule has 0 saturated carbocycles. The van der Waals surface area contributed by atoms with Gasteiger partial charge in [0.2, 0.25) is 0 Å². The number of aromatic nitrogens is 2. The molecule has 4 nitrogen and oxygen atoms in total. The minimum atomic E-state index is -4.74. The van der Waals surface area contributed by atoms with E-state index in [1.165, 1.54) is 42.5 Å². The van der Waals surface area contributed by atoms with Gasteiger partial charge >= 0.3 is 6.18 Å².